The SMILES string of the molecule is COCC(C)N(C)C(=O)c1ccc2c(c1)NCC2. The average Bonchev–Trinajstić information content (AvgIpc) is 2.84. The molecular weight excluding hydrogens is 228 g/mol. The summed E-state index contributed by atoms with van der Waals surface area (Å²) in [5.41, 5.74) is 3.11. The number of nitrogens with one attached hydrogen (secondary N) is 1. The summed E-state index contributed by atoms with van der Waals surface area (Å²) >= 11 is 0. The third kappa shape index (κ3) is 2.48. The smallest absolute Gasteiger partial charge is 0.253 e. The fourth-order valence-corrected chi connectivity index (χ4v) is 2.18. The van der Waals surface area contributed by atoms with Crippen LogP contribution in [0.4, 0.5) is 5.69 Å². The topological polar surface area (TPSA) is 41.6 Å². The van der Waals surface area contributed by atoms with Gasteiger partial charge in [0.1, 0.15) is 0 Å². The molecule has 0 radical (unpaired) electrons. The van der Waals surface area contributed by atoms with Crippen molar-refractivity contribution in [1.82, 2.24) is 4.90 Å². The molecule has 0 fully saturated rings. The molecule has 1 aromatic rings. The zero-order valence-corrected chi connectivity index (χ0v) is 11.2. The fraction of sp³-hybridized carbons (Fsp3) is 0.500. The van der Waals surface area contributed by atoms with Gasteiger partial charge in [-0.25, -0.2) is 0 Å². The van der Waals surface area contributed by atoms with E-state index in [1.165, 1.54) is 5.56 Å². The minimum Gasteiger partial charge on any atom is -0.384 e. The lowest BCUT2D eigenvalue weighted by atomic mass is 10.1. The minimum atomic E-state index is 0.0380. The molecule has 1 aliphatic rings. The van der Waals surface area contributed by atoms with Gasteiger partial charge in [-0.1, -0.05) is 6.07 Å². The predicted octanol–water partition coefficient (Wildman–Crippen LogP) is 1.76. The second-order valence-corrected chi connectivity index (χ2v) is 4.77. The molecule has 1 N–H and O–H groups in total. The first-order chi connectivity index (χ1) is 8.63. The number of benzene rings is 1. The Morgan fingerprint density at radius 2 is 2.33 bits per heavy atom. The summed E-state index contributed by atoms with van der Waals surface area (Å²) in [6, 6.07) is 5.96. The van der Waals surface area contributed by atoms with Crippen LogP contribution in [0.25, 0.3) is 0 Å². The number of amides is 1. The van der Waals surface area contributed by atoms with Gasteiger partial charge >= 0.3 is 0 Å². The molecule has 4 nitrogen and oxygen atoms in total. The van der Waals surface area contributed by atoms with Crippen LogP contribution in [0, 0.1) is 0 Å². The number of anilines is 1. The van der Waals surface area contributed by atoms with Gasteiger partial charge in [0, 0.05) is 32.0 Å². The maximum absolute atomic E-state index is 12.3. The van der Waals surface area contributed by atoms with Crippen LogP contribution >= 0.6 is 0 Å². The number of hydrogen-bond donors (Lipinski definition) is 1. The summed E-state index contributed by atoms with van der Waals surface area (Å²) < 4.78 is 5.08. The number of carbonyl (C=O) groups excluding carboxylic acids is 1. The fourth-order valence-electron chi connectivity index (χ4n) is 2.18. The van der Waals surface area contributed by atoms with Gasteiger partial charge in [0.05, 0.1) is 12.6 Å². The van der Waals surface area contributed by atoms with Crippen molar-refractivity contribution in [1.29, 1.82) is 0 Å². The number of fused-ring (bicyclic) bond motifs is 1. The van der Waals surface area contributed by atoms with Crippen molar-refractivity contribution in [3.05, 3.63) is 29.3 Å². The Kier molecular flexibility index (Phi) is 3.87. The summed E-state index contributed by atoms with van der Waals surface area (Å²) in [6.45, 7) is 3.49. The largest absolute Gasteiger partial charge is 0.384 e. The number of ether oxygens (including phenoxy) is 1. The summed E-state index contributed by atoms with van der Waals surface area (Å²) in [6.07, 6.45) is 1.04. The average molecular weight is 248 g/mol. The molecule has 2 rings (SSSR count). The van der Waals surface area contributed by atoms with Crippen LogP contribution in [0.2, 0.25) is 0 Å². The Morgan fingerprint density at radius 1 is 1.56 bits per heavy atom. The molecule has 0 bridgehead atoms. The van der Waals surface area contributed by atoms with Gasteiger partial charge in [0.15, 0.2) is 0 Å². The van der Waals surface area contributed by atoms with Crippen molar-refractivity contribution in [2.24, 2.45) is 0 Å². The second-order valence-electron chi connectivity index (χ2n) is 4.77. The summed E-state index contributed by atoms with van der Waals surface area (Å²) in [5, 5.41) is 3.29. The van der Waals surface area contributed by atoms with E-state index in [0.29, 0.717) is 6.61 Å². The number of methoxy groups -OCH3 is 1. The van der Waals surface area contributed by atoms with E-state index >= 15 is 0 Å². The number of rotatable bonds is 4. The van der Waals surface area contributed by atoms with Gasteiger partial charge in [0.2, 0.25) is 0 Å². The Hall–Kier alpha value is -1.55. The van der Waals surface area contributed by atoms with Crippen molar-refractivity contribution in [3.8, 4) is 0 Å². The van der Waals surface area contributed by atoms with E-state index in [4.69, 9.17) is 4.74 Å². The van der Waals surface area contributed by atoms with E-state index in [1.54, 1.807) is 12.0 Å². The van der Waals surface area contributed by atoms with Crippen molar-refractivity contribution in [2.45, 2.75) is 19.4 Å². The zero-order chi connectivity index (χ0) is 13.1. The Labute approximate surface area is 108 Å². The van der Waals surface area contributed by atoms with E-state index in [1.807, 2.05) is 32.2 Å². The lowest BCUT2D eigenvalue weighted by Crippen LogP contribution is -2.37. The molecule has 0 aliphatic carbocycles. The molecule has 1 aliphatic heterocycles. The van der Waals surface area contributed by atoms with Gasteiger partial charge in [-0.15, -0.1) is 0 Å². The van der Waals surface area contributed by atoms with Gasteiger partial charge in [0.25, 0.3) is 5.91 Å². The van der Waals surface area contributed by atoms with Crippen LogP contribution < -0.4 is 5.32 Å². The molecule has 1 heterocycles. The first kappa shape index (κ1) is 12.9. The molecule has 0 saturated carbocycles. The van der Waals surface area contributed by atoms with Crippen LogP contribution in [-0.2, 0) is 11.2 Å². The number of carbonyl (C=O) groups is 1. The molecule has 1 amide bonds. The van der Waals surface area contributed by atoms with Gasteiger partial charge in [-0.05, 0) is 31.0 Å². The molecule has 98 valence electrons. The maximum Gasteiger partial charge on any atom is 0.253 e. The zero-order valence-electron chi connectivity index (χ0n) is 11.2. The molecule has 0 spiro atoms. The highest BCUT2D eigenvalue weighted by molar-refractivity contribution is 5.95. The van der Waals surface area contributed by atoms with Crippen LogP contribution in [0.5, 0.6) is 0 Å². The molecule has 1 atom stereocenters. The standard InChI is InChI=1S/C14H20N2O2/c1-10(9-18-3)16(2)14(17)12-5-4-11-6-7-15-13(11)8-12/h4-5,8,10,15H,6-7,9H2,1-3H3. The van der Waals surface area contributed by atoms with E-state index in [-0.39, 0.29) is 11.9 Å². The summed E-state index contributed by atoms with van der Waals surface area (Å²) in [5.74, 6) is 0.0380. The second kappa shape index (κ2) is 5.40. The number of hydrogen-bond acceptors (Lipinski definition) is 3. The molecular formula is C14H20N2O2. The third-order valence-electron chi connectivity index (χ3n) is 3.46. The predicted molar refractivity (Wildman–Crippen MR) is 72.1 cm³/mol. The van der Waals surface area contributed by atoms with Gasteiger partial charge < -0.3 is 15.0 Å². The first-order valence-electron chi connectivity index (χ1n) is 6.26. The van der Waals surface area contributed by atoms with Crippen molar-refractivity contribution in [3.63, 3.8) is 0 Å². The van der Waals surface area contributed by atoms with Gasteiger partial charge in [-0.3, -0.25) is 4.79 Å². The van der Waals surface area contributed by atoms with Crippen molar-refractivity contribution < 1.29 is 9.53 Å². The van der Waals surface area contributed by atoms with Crippen molar-refractivity contribution in [2.75, 3.05) is 32.6 Å². The number of likely N-dealkylation sites (N-methyl/N-ethyl adjacent to an activating group) is 1. The van der Waals surface area contributed by atoms with Crippen LogP contribution in [-0.4, -0.2) is 44.2 Å². The monoisotopic (exact) mass is 248 g/mol. The normalized spacial score (nSPS) is 14.8. The van der Waals surface area contributed by atoms with Crippen LogP contribution in [0.1, 0.15) is 22.8 Å². The van der Waals surface area contributed by atoms with Crippen molar-refractivity contribution >= 4 is 11.6 Å². The number of nitrogens with zero attached hydrogens (tertiary/aromatic N) is 1. The highest BCUT2D eigenvalue weighted by atomic mass is 16.5. The Balaban J connectivity index is 2.13. The Bertz CT molecular complexity index is 445. The minimum absolute atomic E-state index is 0.0380. The molecule has 0 saturated heterocycles. The molecule has 1 aromatic carbocycles. The quantitative estimate of drug-likeness (QED) is 0.883. The molecule has 0 aromatic heterocycles. The van der Waals surface area contributed by atoms with E-state index in [2.05, 4.69) is 5.32 Å². The third-order valence-corrected chi connectivity index (χ3v) is 3.46. The van der Waals surface area contributed by atoms with E-state index < -0.39 is 0 Å². The molecule has 4 heteroatoms. The lowest BCUT2D eigenvalue weighted by Gasteiger charge is -2.24. The maximum atomic E-state index is 12.3. The van der Waals surface area contributed by atoms with Crippen LogP contribution in [0.15, 0.2) is 18.2 Å². The highest BCUT2D eigenvalue weighted by Gasteiger charge is 2.19. The summed E-state index contributed by atoms with van der Waals surface area (Å²) in [7, 11) is 3.46. The highest BCUT2D eigenvalue weighted by Crippen LogP contribution is 2.23. The Morgan fingerprint density at radius 3 is 3.06 bits per heavy atom. The summed E-state index contributed by atoms with van der Waals surface area (Å²) in [4.78, 5) is 14.0. The lowest BCUT2D eigenvalue weighted by molar-refractivity contribution is 0.0633. The molecule has 18 heavy (non-hydrogen) atoms. The first-order valence-corrected chi connectivity index (χ1v) is 6.26. The van der Waals surface area contributed by atoms with Crippen LogP contribution in [0.3, 0.4) is 0 Å². The van der Waals surface area contributed by atoms with E-state index in [0.717, 1.165) is 24.2 Å². The van der Waals surface area contributed by atoms with Gasteiger partial charge in [-0.2, -0.15) is 0 Å². The van der Waals surface area contributed by atoms with E-state index in [9.17, 15) is 4.79 Å². The molecule has 1 unspecified atom stereocenters.